The van der Waals surface area contributed by atoms with Crippen LogP contribution in [0.2, 0.25) is 0 Å². The smallest absolute Gasteiger partial charge is 0.336 e. The summed E-state index contributed by atoms with van der Waals surface area (Å²) in [6.07, 6.45) is 1.57. The third kappa shape index (κ3) is 3.45. The maximum Gasteiger partial charge on any atom is 0.336 e. The molecule has 0 radical (unpaired) electrons. The van der Waals surface area contributed by atoms with E-state index < -0.39 is 18.0 Å². The van der Waals surface area contributed by atoms with E-state index in [1.165, 1.54) is 6.08 Å². The predicted molar refractivity (Wildman–Crippen MR) is 101 cm³/mol. The summed E-state index contributed by atoms with van der Waals surface area (Å²) in [5.41, 5.74) is 0.772. The molecule has 0 bridgehead atoms. The van der Waals surface area contributed by atoms with E-state index in [2.05, 4.69) is 0 Å². The van der Waals surface area contributed by atoms with Gasteiger partial charge in [0.2, 0.25) is 11.3 Å². The number of aliphatic carboxylic acids is 1. The van der Waals surface area contributed by atoms with Crippen LogP contribution in [0, 0.1) is 0 Å². The van der Waals surface area contributed by atoms with Gasteiger partial charge in [-0.05, 0) is 38.5 Å². The molecule has 1 aliphatic heterocycles. The number of carbonyl (C=O) groups excluding carboxylic acids is 1. The number of anilines is 1. The fourth-order valence-electron chi connectivity index (χ4n) is 3.39. The molecule has 0 amide bonds. The highest BCUT2D eigenvalue weighted by molar-refractivity contribution is 5.99. The molecule has 0 saturated carbocycles. The van der Waals surface area contributed by atoms with Crippen molar-refractivity contribution >= 4 is 34.9 Å². The number of carboxylic acid groups (broad SMARTS) is 1. The Labute approximate surface area is 155 Å². The van der Waals surface area contributed by atoms with Crippen molar-refractivity contribution in [3.05, 3.63) is 45.6 Å². The summed E-state index contributed by atoms with van der Waals surface area (Å²) in [5.74, 6) is -1.16. The largest absolute Gasteiger partial charge is 0.481 e. The second-order valence-electron chi connectivity index (χ2n) is 6.20. The van der Waals surface area contributed by atoms with Crippen LogP contribution in [0.4, 0.5) is 5.88 Å². The van der Waals surface area contributed by atoms with E-state index in [1.54, 1.807) is 36.1 Å². The van der Waals surface area contributed by atoms with Crippen LogP contribution in [0.1, 0.15) is 32.3 Å². The molecule has 7 heteroatoms. The first-order chi connectivity index (χ1) is 13.0. The maximum atomic E-state index is 13.0. The molecule has 3 rings (SSSR count). The Bertz CT molecular complexity index is 974. The molecule has 1 aromatic heterocycles. The summed E-state index contributed by atoms with van der Waals surface area (Å²) in [6.45, 7) is 4.18. The van der Waals surface area contributed by atoms with Gasteiger partial charge in [0.1, 0.15) is 5.58 Å². The van der Waals surface area contributed by atoms with E-state index >= 15 is 0 Å². The number of likely N-dealkylation sites (N-methyl/N-ethyl adjacent to an activating group) is 1. The van der Waals surface area contributed by atoms with Crippen LogP contribution in [0.15, 0.2) is 39.1 Å². The number of para-hydroxylation sites is 1. The van der Waals surface area contributed by atoms with Crippen molar-refractivity contribution < 1.29 is 23.8 Å². The highest BCUT2D eigenvalue weighted by Crippen LogP contribution is 2.35. The van der Waals surface area contributed by atoms with Gasteiger partial charge in [0.15, 0.2) is 0 Å². The van der Waals surface area contributed by atoms with Gasteiger partial charge in [-0.2, -0.15) is 0 Å². The van der Waals surface area contributed by atoms with Crippen LogP contribution >= 0.6 is 0 Å². The minimum absolute atomic E-state index is 0.120. The molecule has 1 aliphatic rings. The third-order valence-corrected chi connectivity index (χ3v) is 4.59. The Kier molecular flexibility index (Phi) is 5.30. The molecule has 2 heterocycles. The van der Waals surface area contributed by atoms with Crippen LogP contribution in [-0.4, -0.2) is 36.2 Å². The normalized spacial score (nSPS) is 16.0. The molecule has 142 valence electrons. The SMILES string of the molecule is CCOC(=O)C1=Cc2c(oc3ccccc3c2=O)N(CC)C1CCC(=O)O. The van der Waals surface area contributed by atoms with E-state index in [4.69, 9.17) is 14.3 Å². The molecule has 1 unspecified atom stereocenters. The van der Waals surface area contributed by atoms with Crippen molar-refractivity contribution in [3.8, 4) is 0 Å². The van der Waals surface area contributed by atoms with Crippen molar-refractivity contribution in [1.82, 2.24) is 0 Å². The Morgan fingerprint density at radius 3 is 2.67 bits per heavy atom. The summed E-state index contributed by atoms with van der Waals surface area (Å²) < 4.78 is 11.1. The fourth-order valence-corrected chi connectivity index (χ4v) is 3.39. The van der Waals surface area contributed by atoms with Gasteiger partial charge in [-0.3, -0.25) is 9.59 Å². The second kappa shape index (κ2) is 7.65. The molecule has 0 fully saturated rings. The van der Waals surface area contributed by atoms with Gasteiger partial charge >= 0.3 is 11.9 Å². The molecule has 0 spiro atoms. The van der Waals surface area contributed by atoms with Crippen LogP contribution in [0.5, 0.6) is 0 Å². The third-order valence-electron chi connectivity index (χ3n) is 4.59. The minimum atomic E-state index is -0.958. The van der Waals surface area contributed by atoms with Crippen LogP contribution < -0.4 is 10.3 Å². The number of esters is 1. The zero-order valence-corrected chi connectivity index (χ0v) is 15.2. The molecule has 7 nitrogen and oxygen atoms in total. The molecule has 27 heavy (non-hydrogen) atoms. The molecule has 1 aromatic carbocycles. The second-order valence-corrected chi connectivity index (χ2v) is 6.20. The van der Waals surface area contributed by atoms with E-state index in [-0.39, 0.29) is 36.0 Å². The number of hydrogen-bond acceptors (Lipinski definition) is 6. The number of hydrogen-bond donors (Lipinski definition) is 1. The van der Waals surface area contributed by atoms with Crippen LogP contribution in [0.25, 0.3) is 17.0 Å². The van der Waals surface area contributed by atoms with E-state index in [1.807, 2.05) is 6.92 Å². The van der Waals surface area contributed by atoms with Crippen molar-refractivity contribution in [2.75, 3.05) is 18.1 Å². The lowest BCUT2D eigenvalue weighted by Crippen LogP contribution is -2.43. The number of carboxylic acids is 1. The number of nitrogens with zero attached hydrogens (tertiary/aromatic N) is 1. The minimum Gasteiger partial charge on any atom is -0.481 e. The topological polar surface area (TPSA) is 97.0 Å². The molecule has 1 atom stereocenters. The lowest BCUT2D eigenvalue weighted by Gasteiger charge is -2.36. The standard InChI is InChI=1S/C20H21NO6/c1-3-21-15(9-10-17(22)23)13(20(25)26-4-2)11-14-18(24)12-7-5-6-8-16(12)27-19(14)21/h5-8,11,15H,3-4,9-10H2,1-2H3,(H,22,23). The number of rotatable bonds is 6. The molecule has 0 saturated heterocycles. The van der Waals surface area contributed by atoms with Gasteiger partial charge < -0.3 is 19.2 Å². The predicted octanol–water partition coefficient (Wildman–Crippen LogP) is 2.81. The zero-order chi connectivity index (χ0) is 19.6. The summed E-state index contributed by atoms with van der Waals surface area (Å²) in [4.78, 5) is 38.3. The van der Waals surface area contributed by atoms with Crippen LogP contribution in [-0.2, 0) is 14.3 Å². The number of benzene rings is 1. The van der Waals surface area contributed by atoms with Gasteiger partial charge in [0, 0.05) is 13.0 Å². The van der Waals surface area contributed by atoms with Crippen molar-refractivity contribution in [2.24, 2.45) is 0 Å². The highest BCUT2D eigenvalue weighted by Gasteiger charge is 2.35. The van der Waals surface area contributed by atoms with E-state index in [0.29, 0.717) is 23.4 Å². The average Bonchev–Trinajstić information content (AvgIpc) is 2.65. The van der Waals surface area contributed by atoms with Crippen molar-refractivity contribution in [3.63, 3.8) is 0 Å². The number of ether oxygens (including phenoxy) is 1. The van der Waals surface area contributed by atoms with Crippen molar-refractivity contribution in [1.29, 1.82) is 0 Å². The Morgan fingerprint density at radius 2 is 2.00 bits per heavy atom. The fraction of sp³-hybridized carbons (Fsp3) is 0.350. The summed E-state index contributed by atoms with van der Waals surface area (Å²) in [7, 11) is 0. The first kappa shape index (κ1) is 18.7. The maximum absolute atomic E-state index is 13.0. The van der Waals surface area contributed by atoms with Crippen molar-refractivity contribution in [2.45, 2.75) is 32.7 Å². The first-order valence-corrected chi connectivity index (χ1v) is 8.90. The number of carbonyl (C=O) groups is 2. The van der Waals surface area contributed by atoms with Gasteiger partial charge in [-0.25, -0.2) is 4.79 Å². The van der Waals surface area contributed by atoms with Gasteiger partial charge in [0.25, 0.3) is 0 Å². The average molecular weight is 371 g/mol. The molecule has 1 N–H and O–H groups in total. The number of fused-ring (bicyclic) bond motifs is 2. The Balaban J connectivity index is 2.21. The Hall–Kier alpha value is -3.09. The van der Waals surface area contributed by atoms with Crippen LogP contribution in [0.3, 0.4) is 0 Å². The monoisotopic (exact) mass is 371 g/mol. The molecular weight excluding hydrogens is 350 g/mol. The Morgan fingerprint density at radius 1 is 1.26 bits per heavy atom. The van der Waals surface area contributed by atoms with Gasteiger partial charge in [-0.1, -0.05) is 12.1 Å². The summed E-state index contributed by atoms with van der Waals surface area (Å²) >= 11 is 0. The zero-order valence-electron chi connectivity index (χ0n) is 15.2. The lowest BCUT2D eigenvalue weighted by molar-refractivity contribution is -0.140. The summed E-state index contributed by atoms with van der Waals surface area (Å²) in [6, 6.07) is 6.37. The van der Waals surface area contributed by atoms with Gasteiger partial charge in [0.05, 0.1) is 29.2 Å². The lowest BCUT2D eigenvalue weighted by atomic mass is 9.93. The first-order valence-electron chi connectivity index (χ1n) is 8.90. The molecule has 0 aliphatic carbocycles. The van der Waals surface area contributed by atoms with E-state index in [9.17, 15) is 14.4 Å². The molecule has 2 aromatic rings. The van der Waals surface area contributed by atoms with Gasteiger partial charge in [-0.15, -0.1) is 0 Å². The molecular formula is C20H21NO6. The van der Waals surface area contributed by atoms with E-state index in [0.717, 1.165) is 0 Å². The summed E-state index contributed by atoms with van der Waals surface area (Å²) in [5, 5.41) is 9.51. The highest BCUT2D eigenvalue weighted by atomic mass is 16.5. The quantitative estimate of drug-likeness (QED) is 0.780.